The fraction of sp³-hybridized carbons (Fsp3) is 0.533. The molecule has 1 heterocycles. The SMILES string of the molecule is CN(CCc1ccc2nc[nH]c2c1)CC1(CO)CC1. The zero-order valence-electron chi connectivity index (χ0n) is 11.4. The molecule has 4 nitrogen and oxygen atoms in total. The molecule has 0 atom stereocenters. The van der Waals surface area contributed by atoms with Gasteiger partial charge in [-0.1, -0.05) is 6.07 Å². The minimum Gasteiger partial charge on any atom is -0.396 e. The average Bonchev–Trinajstić information content (AvgIpc) is 3.03. The van der Waals surface area contributed by atoms with Gasteiger partial charge in [-0.3, -0.25) is 0 Å². The number of hydrogen-bond acceptors (Lipinski definition) is 3. The van der Waals surface area contributed by atoms with Crippen LogP contribution in [0.5, 0.6) is 0 Å². The van der Waals surface area contributed by atoms with E-state index in [-0.39, 0.29) is 5.41 Å². The molecule has 0 bridgehead atoms. The molecule has 1 fully saturated rings. The lowest BCUT2D eigenvalue weighted by Gasteiger charge is -2.22. The minimum absolute atomic E-state index is 0.210. The number of H-pyrrole nitrogens is 1. The number of aliphatic hydroxyl groups excluding tert-OH is 1. The number of fused-ring (bicyclic) bond motifs is 1. The Balaban J connectivity index is 1.56. The molecule has 2 aromatic rings. The topological polar surface area (TPSA) is 52.2 Å². The third-order valence-corrected chi connectivity index (χ3v) is 4.16. The summed E-state index contributed by atoms with van der Waals surface area (Å²) >= 11 is 0. The van der Waals surface area contributed by atoms with Crippen LogP contribution < -0.4 is 0 Å². The Hall–Kier alpha value is -1.39. The zero-order valence-corrected chi connectivity index (χ0v) is 11.4. The van der Waals surface area contributed by atoms with Gasteiger partial charge in [-0.15, -0.1) is 0 Å². The van der Waals surface area contributed by atoms with Gasteiger partial charge >= 0.3 is 0 Å². The lowest BCUT2D eigenvalue weighted by Crippen LogP contribution is -2.30. The molecule has 1 aromatic heterocycles. The smallest absolute Gasteiger partial charge is 0.0931 e. The van der Waals surface area contributed by atoms with Gasteiger partial charge in [-0.25, -0.2) is 4.98 Å². The maximum Gasteiger partial charge on any atom is 0.0931 e. The van der Waals surface area contributed by atoms with E-state index in [2.05, 4.69) is 40.1 Å². The summed E-state index contributed by atoms with van der Waals surface area (Å²) in [5.41, 5.74) is 3.67. The second-order valence-electron chi connectivity index (χ2n) is 5.90. The van der Waals surface area contributed by atoms with Crippen LogP contribution in [0.4, 0.5) is 0 Å². The van der Waals surface area contributed by atoms with Crippen molar-refractivity contribution in [3.8, 4) is 0 Å². The minimum atomic E-state index is 0.210. The van der Waals surface area contributed by atoms with Gasteiger partial charge in [0.05, 0.1) is 17.4 Å². The predicted molar refractivity (Wildman–Crippen MR) is 76.0 cm³/mol. The summed E-state index contributed by atoms with van der Waals surface area (Å²) in [4.78, 5) is 9.71. The monoisotopic (exact) mass is 259 g/mol. The standard InChI is InChI=1S/C15H21N3O/c1-18(9-15(10-19)5-6-15)7-4-12-2-3-13-14(8-12)17-11-16-13/h2-3,8,11,19H,4-7,9-10H2,1H3,(H,16,17). The van der Waals surface area contributed by atoms with Crippen molar-refractivity contribution in [2.24, 2.45) is 5.41 Å². The summed E-state index contributed by atoms with van der Waals surface area (Å²) in [7, 11) is 2.14. The van der Waals surface area contributed by atoms with Gasteiger partial charge in [0.2, 0.25) is 0 Å². The third kappa shape index (κ3) is 2.80. The van der Waals surface area contributed by atoms with E-state index in [0.717, 1.165) is 30.5 Å². The molecule has 1 saturated carbocycles. The number of imidazole rings is 1. The first kappa shape index (κ1) is 12.6. The van der Waals surface area contributed by atoms with Gasteiger partial charge < -0.3 is 15.0 Å². The van der Waals surface area contributed by atoms with E-state index in [1.807, 2.05) is 0 Å². The molecule has 0 spiro atoms. The molecule has 0 saturated heterocycles. The molecule has 0 aliphatic heterocycles. The molecule has 4 heteroatoms. The number of aliphatic hydroxyl groups is 1. The van der Waals surface area contributed by atoms with Crippen molar-refractivity contribution in [3.63, 3.8) is 0 Å². The molecule has 1 aliphatic rings. The predicted octanol–water partition coefficient (Wildman–Crippen LogP) is 1.81. The summed E-state index contributed by atoms with van der Waals surface area (Å²) < 4.78 is 0. The third-order valence-electron chi connectivity index (χ3n) is 4.16. The molecular weight excluding hydrogens is 238 g/mol. The molecule has 0 unspecified atom stereocenters. The highest BCUT2D eigenvalue weighted by Gasteiger charge is 2.42. The Morgan fingerprint density at radius 2 is 2.26 bits per heavy atom. The summed E-state index contributed by atoms with van der Waals surface area (Å²) in [6, 6.07) is 6.39. The number of nitrogens with one attached hydrogen (secondary N) is 1. The first-order valence-electron chi connectivity index (χ1n) is 6.92. The molecule has 19 heavy (non-hydrogen) atoms. The highest BCUT2D eigenvalue weighted by atomic mass is 16.3. The fourth-order valence-electron chi connectivity index (χ4n) is 2.65. The van der Waals surface area contributed by atoms with Crippen molar-refractivity contribution in [2.45, 2.75) is 19.3 Å². The van der Waals surface area contributed by atoms with Gasteiger partial charge in [0.1, 0.15) is 0 Å². The lowest BCUT2D eigenvalue weighted by atomic mass is 10.1. The Bertz CT molecular complexity index is 559. The highest BCUT2D eigenvalue weighted by Crippen LogP contribution is 2.45. The van der Waals surface area contributed by atoms with E-state index in [9.17, 15) is 5.11 Å². The van der Waals surface area contributed by atoms with Crippen molar-refractivity contribution < 1.29 is 5.11 Å². The van der Waals surface area contributed by atoms with Crippen LogP contribution in [0.1, 0.15) is 18.4 Å². The van der Waals surface area contributed by atoms with Gasteiger partial charge in [0.15, 0.2) is 0 Å². The van der Waals surface area contributed by atoms with Gasteiger partial charge in [-0.05, 0) is 44.0 Å². The first-order valence-corrected chi connectivity index (χ1v) is 6.92. The Morgan fingerprint density at radius 1 is 1.42 bits per heavy atom. The van der Waals surface area contributed by atoms with Crippen LogP contribution in [0.25, 0.3) is 11.0 Å². The second kappa shape index (κ2) is 4.94. The summed E-state index contributed by atoms with van der Waals surface area (Å²) in [5.74, 6) is 0. The Kier molecular flexibility index (Phi) is 3.29. The van der Waals surface area contributed by atoms with Crippen LogP contribution in [0, 0.1) is 5.41 Å². The maximum atomic E-state index is 9.35. The number of aromatic amines is 1. The van der Waals surface area contributed by atoms with Crippen molar-refractivity contribution in [3.05, 3.63) is 30.1 Å². The zero-order chi connectivity index (χ0) is 13.3. The van der Waals surface area contributed by atoms with E-state index in [4.69, 9.17) is 0 Å². The summed E-state index contributed by atoms with van der Waals surface area (Å²) in [6.45, 7) is 2.37. The molecule has 0 radical (unpaired) electrons. The molecule has 1 aromatic carbocycles. The Labute approximate surface area is 113 Å². The highest BCUT2D eigenvalue weighted by molar-refractivity contribution is 5.75. The van der Waals surface area contributed by atoms with Crippen molar-refractivity contribution in [1.29, 1.82) is 0 Å². The molecule has 2 N–H and O–H groups in total. The fourth-order valence-corrected chi connectivity index (χ4v) is 2.65. The number of rotatable bonds is 6. The van der Waals surface area contributed by atoms with Crippen LogP contribution in [0.15, 0.2) is 24.5 Å². The van der Waals surface area contributed by atoms with E-state index in [1.165, 1.54) is 18.4 Å². The van der Waals surface area contributed by atoms with Gasteiger partial charge in [0.25, 0.3) is 0 Å². The Morgan fingerprint density at radius 3 is 3.00 bits per heavy atom. The molecular formula is C15H21N3O. The van der Waals surface area contributed by atoms with E-state index < -0.39 is 0 Å². The first-order chi connectivity index (χ1) is 9.21. The van der Waals surface area contributed by atoms with Gasteiger partial charge in [0, 0.05) is 25.1 Å². The van der Waals surface area contributed by atoms with Gasteiger partial charge in [-0.2, -0.15) is 0 Å². The lowest BCUT2D eigenvalue weighted by molar-refractivity contribution is 0.165. The number of likely N-dealkylation sites (N-methyl/N-ethyl adjacent to an activating group) is 1. The van der Waals surface area contributed by atoms with E-state index in [1.54, 1.807) is 6.33 Å². The van der Waals surface area contributed by atoms with Crippen molar-refractivity contribution in [1.82, 2.24) is 14.9 Å². The molecule has 1 aliphatic carbocycles. The quantitative estimate of drug-likeness (QED) is 0.832. The molecule has 0 amide bonds. The van der Waals surface area contributed by atoms with Crippen molar-refractivity contribution in [2.75, 3.05) is 26.7 Å². The average molecular weight is 259 g/mol. The van der Waals surface area contributed by atoms with Crippen LogP contribution in [-0.4, -0.2) is 46.7 Å². The summed E-state index contributed by atoms with van der Waals surface area (Å²) in [6.07, 6.45) is 5.12. The van der Waals surface area contributed by atoms with Crippen LogP contribution in [-0.2, 0) is 6.42 Å². The second-order valence-corrected chi connectivity index (χ2v) is 5.90. The van der Waals surface area contributed by atoms with Crippen LogP contribution in [0.3, 0.4) is 0 Å². The normalized spacial score (nSPS) is 17.2. The van der Waals surface area contributed by atoms with Crippen LogP contribution >= 0.6 is 0 Å². The largest absolute Gasteiger partial charge is 0.396 e. The van der Waals surface area contributed by atoms with Crippen LogP contribution in [0.2, 0.25) is 0 Å². The number of nitrogens with zero attached hydrogens (tertiary/aromatic N) is 2. The number of benzene rings is 1. The number of aromatic nitrogens is 2. The van der Waals surface area contributed by atoms with Crippen molar-refractivity contribution >= 4 is 11.0 Å². The summed E-state index contributed by atoms with van der Waals surface area (Å²) in [5, 5.41) is 9.35. The number of hydrogen-bond donors (Lipinski definition) is 2. The van der Waals surface area contributed by atoms with E-state index in [0.29, 0.717) is 6.61 Å². The maximum absolute atomic E-state index is 9.35. The molecule has 102 valence electrons. The van der Waals surface area contributed by atoms with E-state index >= 15 is 0 Å². The molecule has 3 rings (SSSR count).